The zero-order valence-electron chi connectivity index (χ0n) is 10.9. The van der Waals surface area contributed by atoms with Crippen molar-refractivity contribution < 1.29 is 17.5 Å². The molecule has 0 saturated heterocycles. The van der Waals surface area contributed by atoms with E-state index in [2.05, 4.69) is 0 Å². The lowest BCUT2D eigenvalue weighted by Crippen LogP contribution is -2.06. The molecule has 1 aliphatic rings. The minimum absolute atomic E-state index is 0.000342. The number of sulfone groups is 1. The van der Waals surface area contributed by atoms with E-state index >= 15 is 0 Å². The van der Waals surface area contributed by atoms with Gasteiger partial charge in [0.15, 0.2) is 21.4 Å². The summed E-state index contributed by atoms with van der Waals surface area (Å²) in [7, 11) is -3.29. The van der Waals surface area contributed by atoms with Crippen LogP contribution < -0.4 is 4.74 Å². The summed E-state index contributed by atoms with van der Waals surface area (Å²) in [6.07, 6.45) is 1.39. The molecule has 3 rings (SSSR count). The minimum Gasteiger partial charge on any atom is -0.454 e. The number of rotatable bonds is 4. The standard InChI is InChI=1S/C15H12ClFO3S/c16-10-4-7-15(14(17)8-10)20-11-2-1-3-13(9-11)21(18,19)12-5-6-12/h1-4,7-9,12H,5-6H2. The average Bonchev–Trinajstić information content (AvgIpc) is 3.27. The molecule has 0 aromatic heterocycles. The van der Waals surface area contributed by atoms with Gasteiger partial charge in [-0.15, -0.1) is 0 Å². The highest BCUT2D eigenvalue weighted by molar-refractivity contribution is 7.92. The van der Waals surface area contributed by atoms with Crippen LogP contribution in [-0.4, -0.2) is 13.7 Å². The average molecular weight is 327 g/mol. The van der Waals surface area contributed by atoms with Gasteiger partial charge in [0.25, 0.3) is 0 Å². The van der Waals surface area contributed by atoms with Crippen molar-refractivity contribution in [3.8, 4) is 11.5 Å². The fourth-order valence-electron chi connectivity index (χ4n) is 1.97. The Labute approximate surface area is 127 Å². The lowest BCUT2D eigenvalue weighted by molar-refractivity contribution is 0.441. The van der Waals surface area contributed by atoms with E-state index in [0.29, 0.717) is 12.8 Å². The van der Waals surface area contributed by atoms with Crippen LogP contribution in [0.5, 0.6) is 11.5 Å². The molecular formula is C15H12ClFO3S. The molecule has 0 radical (unpaired) electrons. The Morgan fingerprint density at radius 3 is 2.57 bits per heavy atom. The van der Waals surface area contributed by atoms with Crippen molar-refractivity contribution in [3.63, 3.8) is 0 Å². The maximum absolute atomic E-state index is 13.7. The zero-order chi connectivity index (χ0) is 15.0. The largest absolute Gasteiger partial charge is 0.454 e. The third-order valence-electron chi connectivity index (χ3n) is 3.22. The first-order chi connectivity index (χ1) is 9.96. The van der Waals surface area contributed by atoms with Gasteiger partial charge in [0.05, 0.1) is 10.1 Å². The first-order valence-electron chi connectivity index (χ1n) is 6.44. The quantitative estimate of drug-likeness (QED) is 0.845. The topological polar surface area (TPSA) is 43.4 Å². The summed E-state index contributed by atoms with van der Waals surface area (Å²) in [6.45, 7) is 0. The van der Waals surface area contributed by atoms with Crippen LogP contribution in [0.2, 0.25) is 5.02 Å². The van der Waals surface area contributed by atoms with Gasteiger partial charge in [-0.1, -0.05) is 17.7 Å². The number of halogens is 2. The van der Waals surface area contributed by atoms with E-state index in [1.165, 1.54) is 24.3 Å². The number of ether oxygens (including phenoxy) is 1. The van der Waals surface area contributed by atoms with Crippen LogP contribution in [0.3, 0.4) is 0 Å². The summed E-state index contributed by atoms with van der Waals surface area (Å²) in [5, 5.41) is -0.0232. The second-order valence-corrected chi connectivity index (χ2v) is 7.56. The Balaban J connectivity index is 1.90. The van der Waals surface area contributed by atoms with Crippen molar-refractivity contribution in [3.05, 3.63) is 53.3 Å². The van der Waals surface area contributed by atoms with Crippen LogP contribution >= 0.6 is 11.6 Å². The van der Waals surface area contributed by atoms with Gasteiger partial charge in [-0.2, -0.15) is 0 Å². The van der Waals surface area contributed by atoms with Crippen LogP contribution in [-0.2, 0) is 9.84 Å². The molecule has 1 saturated carbocycles. The molecule has 0 heterocycles. The van der Waals surface area contributed by atoms with Gasteiger partial charge < -0.3 is 4.74 Å². The van der Waals surface area contributed by atoms with Crippen molar-refractivity contribution in [1.82, 2.24) is 0 Å². The van der Waals surface area contributed by atoms with E-state index in [-0.39, 0.29) is 26.7 Å². The SMILES string of the molecule is O=S(=O)(c1cccc(Oc2ccc(Cl)cc2F)c1)C1CC1. The molecular weight excluding hydrogens is 315 g/mol. The van der Waals surface area contributed by atoms with Gasteiger partial charge in [-0.25, -0.2) is 12.8 Å². The second-order valence-electron chi connectivity index (χ2n) is 4.90. The van der Waals surface area contributed by atoms with Crippen LogP contribution in [0.25, 0.3) is 0 Å². The maximum Gasteiger partial charge on any atom is 0.181 e. The Kier molecular flexibility index (Phi) is 3.63. The van der Waals surface area contributed by atoms with E-state index in [1.54, 1.807) is 12.1 Å². The molecule has 3 nitrogen and oxygen atoms in total. The van der Waals surface area contributed by atoms with Gasteiger partial charge in [0.1, 0.15) is 5.75 Å². The summed E-state index contributed by atoms with van der Waals surface area (Å²) >= 11 is 5.67. The highest BCUT2D eigenvalue weighted by atomic mass is 35.5. The Morgan fingerprint density at radius 1 is 1.14 bits per heavy atom. The summed E-state index contributed by atoms with van der Waals surface area (Å²) in [6, 6.07) is 10.2. The molecule has 2 aromatic carbocycles. The monoisotopic (exact) mass is 326 g/mol. The maximum atomic E-state index is 13.7. The van der Waals surface area contributed by atoms with Gasteiger partial charge in [-0.3, -0.25) is 0 Å². The van der Waals surface area contributed by atoms with Crippen molar-refractivity contribution in [2.24, 2.45) is 0 Å². The van der Waals surface area contributed by atoms with Crippen LogP contribution in [0.1, 0.15) is 12.8 Å². The summed E-state index contributed by atoms with van der Waals surface area (Å²) < 4.78 is 43.4. The van der Waals surface area contributed by atoms with Gasteiger partial charge >= 0.3 is 0 Å². The summed E-state index contributed by atoms with van der Waals surface area (Å²) in [5.41, 5.74) is 0. The number of benzene rings is 2. The molecule has 0 amide bonds. The Hall–Kier alpha value is -1.59. The van der Waals surface area contributed by atoms with E-state index < -0.39 is 15.7 Å². The fourth-order valence-corrected chi connectivity index (χ4v) is 3.82. The molecule has 0 aliphatic heterocycles. The molecule has 0 unspecified atom stereocenters. The van der Waals surface area contributed by atoms with Crippen molar-refractivity contribution in [1.29, 1.82) is 0 Å². The van der Waals surface area contributed by atoms with E-state index in [4.69, 9.17) is 16.3 Å². The fraction of sp³-hybridized carbons (Fsp3) is 0.200. The lowest BCUT2D eigenvalue weighted by atomic mass is 10.3. The molecule has 1 fully saturated rings. The van der Waals surface area contributed by atoms with E-state index in [1.807, 2.05) is 0 Å². The number of hydrogen-bond acceptors (Lipinski definition) is 3. The summed E-state index contributed by atoms with van der Waals surface area (Å²) in [4.78, 5) is 0.205. The Bertz CT molecular complexity index is 785. The van der Waals surface area contributed by atoms with E-state index in [0.717, 1.165) is 6.07 Å². The summed E-state index contributed by atoms with van der Waals surface area (Å²) in [5.74, 6) is -0.323. The predicted octanol–water partition coefficient (Wildman–Crippen LogP) is 4.21. The van der Waals surface area contributed by atoms with Gasteiger partial charge in [0, 0.05) is 5.02 Å². The molecule has 0 atom stereocenters. The molecule has 0 N–H and O–H groups in total. The van der Waals surface area contributed by atoms with Crippen molar-refractivity contribution in [2.75, 3.05) is 0 Å². The highest BCUT2D eigenvalue weighted by Gasteiger charge is 2.36. The van der Waals surface area contributed by atoms with Crippen LogP contribution in [0.15, 0.2) is 47.4 Å². The normalized spacial score (nSPS) is 15.0. The molecule has 0 spiro atoms. The minimum atomic E-state index is -3.29. The van der Waals surface area contributed by atoms with Crippen LogP contribution in [0, 0.1) is 5.82 Å². The van der Waals surface area contributed by atoms with Crippen molar-refractivity contribution in [2.45, 2.75) is 23.0 Å². The molecule has 6 heteroatoms. The lowest BCUT2D eigenvalue weighted by Gasteiger charge is -2.09. The van der Waals surface area contributed by atoms with Crippen LogP contribution in [0.4, 0.5) is 4.39 Å². The third-order valence-corrected chi connectivity index (χ3v) is 5.71. The van der Waals surface area contributed by atoms with Gasteiger partial charge in [-0.05, 0) is 49.2 Å². The van der Waals surface area contributed by atoms with Crippen molar-refractivity contribution >= 4 is 21.4 Å². The first kappa shape index (κ1) is 14.4. The highest BCUT2D eigenvalue weighted by Crippen LogP contribution is 2.35. The van der Waals surface area contributed by atoms with E-state index in [9.17, 15) is 12.8 Å². The molecule has 21 heavy (non-hydrogen) atoms. The molecule has 110 valence electrons. The predicted molar refractivity (Wildman–Crippen MR) is 78.1 cm³/mol. The third kappa shape index (κ3) is 3.04. The first-order valence-corrected chi connectivity index (χ1v) is 8.36. The number of hydrogen-bond donors (Lipinski definition) is 0. The molecule has 2 aromatic rings. The molecule has 0 bridgehead atoms. The molecule has 1 aliphatic carbocycles. The zero-order valence-corrected chi connectivity index (χ0v) is 12.5. The smallest absolute Gasteiger partial charge is 0.181 e. The Morgan fingerprint density at radius 2 is 1.90 bits per heavy atom. The van der Waals surface area contributed by atoms with Gasteiger partial charge in [0.2, 0.25) is 0 Å². The second kappa shape index (κ2) is 5.31.